The van der Waals surface area contributed by atoms with E-state index >= 15 is 0 Å². The summed E-state index contributed by atoms with van der Waals surface area (Å²) in [5, 5.41) is 3.55. The fourth-order valence-electron chi connectivity index (χ4n) is 2.07. The number of hydrogen-bond donors (Lipinski definition) is 1. The summed E-state index contributed by atoms with van der Waals surface area (Å²) < 4.78 is 7.34. The lowest BCUT2D eigenvalue weighted by molar-refractivity contribution is 0.0636. The van der Waals surface area contributed by atoms with Gasteiger partial charge >= 0.3 is 6.09 Å². The number of ether oxygens (including phenoxy) is 1. The molecule has 0 unspecified atom stereocenters. The number of halogens is 1. The molecular weight excluding hydrogens is 390 g/mol. The largest absolute Gasteiger partial charge is 0.444 e. The number of carbonyl (C=O) groups excluding carboxylic acids is 1. The molecule has 0 aliphatic heterocycles. The van der Waals surface area contributed by atoms with Crippen LogP contribution in [0.4, 0.5) is 10.5 Å². The third kappa shape index (κ3) is 4.10. The van der Waals surface area contributed by atoms with E-state index in [1.54, 1.807) is 23.7 Å². The van der Waals surface area contributed by atoms with Crippen molar-refractivity contribution >= 4 is 49.3 Å². The molecule has 0 atom stereocenters. The molecule has 3 aromatic rings. The van der Waals surface area contributed by atoms with Crippen molar-refractivity contribution in [2.24, 2.45) is 0 Å². The molecule has 1 amide bonds. The zero-order chi connectivity index (χ0) is 17.3. The van der Waals surface area contributed by atoms with Crippen molar-refractivity contribution in [2.45, 2.75) is 26.4 Å². The Kier molecular flexibility index (Phi) is 4.56. The summed E-state index contributed by atoms with van der Waals surface area (Å²) in [5.41, 5.74) is 1.80. The average Bonchev–Trinajstić information content (AvgIpc) is 2.88. The van der Waals surface area contributed by atoms with Crippen LogP contribution < -0.4 is 5.32 Å². The molecule has 3 rings (SSSR count). The quantitative estimate of drug-likeness (QED) is 0.613. The van der Waals surface area contributed by atoms with Gasteiger partial charge in [-0.15, -0.1) is 11.3 Å². The lowest BCUT2D eigenvalue weighted by atomic mass is 10.2. The van der Waals surface area contributed by atoms with Gasteiger partial charge in [-0.25, -0.2) is 9.78 Å². The fourth-order valence-corrected chi connectivity index (χ4v) is 3.35. The number of aromatic nitrogens is 2. The van der Waals surface area contributed by atoms with Gasteiger partial charge in [0.25, 0.3) is 0 Å². The molecular formula is C17H16BrN3O2S. The van der Waals surface area contributed by atoms with Crippen molar-refractivity contribution in [3.05, 3.63) is 41.1 Å². The molecule has 124 valence electrons. The summed E-state index contributed by atoms with van der Waals surface area (Å²) in [6.45, 7) is 5.46. The van der Waals surface area contributed by atoms with Gasteiger partial charge in [0.15, 0.2) is 0 Å². The molecule has 0 aliphatic rings. The molecule has 0 bridgehead atoms. The molecule has 0 spiro atoms. The van der Waals surface area contributed by atoms with Crippen molar-refractivity contribution < 1.29 is 9.53 Å². The number of nitrogens with zero attached hydrogens (tertiary/aromatic N) is 2. The predicted molar refractivity (Wildman–Crippen MR) is 100 cm³/mol. The number of anilines is 1. The fraction of sp³-hybridized carbons (Fsp3) is 0.235. The third-order valence-electron chi connectivity index (χ3n) is 2.98. The topological polar surface area (TPSA) is 64.1 Å². The Morgan fingerprint density at radius 2 is 2.04 bits per heavy atom. The second kappa shape index (κ2) is 6.49. The molecule has 0 saturated carbocycles. The first kappa shape index (κ1) is 16.9. The number of thiazole rings is 1. The number of benzene rings is 1. The molecule has 1 aromatic carbocycles. The van der Waals surface area contributed by atoms with Crippen LogP contribution in [0.3, 0.4) is 0 Å². The van der Waals surface area contributed by atoms with Crippen LogP contribution in [-0.2, 0) is 4.74 Å². The lowest BCUT2D eigenvalue weighted by Crippen LogP contribution is -2.27. The number of nitrogens with one attached hydrogen (secondary N) is 1. The van der Waals surface area contributed by atoms with Gasteiger partial charge in [-0.05, 0) is 45.0 Å². The van der Waals surface area contributed by atoms with E-state index < -0.39 is 11.7 Å². The van der Waals surface area contributed by atoms with E-state index in [2.05, 4.69) is 31.2 Å². The molecule has 5 nitrogen and oxygen atoms in total. The molecule has 7 heteroatoms. The van der Waals surface area contributed by atoms with E-state index in [1.807, 2.05) is 45.0 Å². The molecule has 0 fully saturated rings. The minimum atomic E-state index is -0.546. The Hall–Kier alpha value is -1.99. The minimum Gasteiger partial charge on any atom is -0.444 e. The van der Waals surface area contributed by atoms with Gasteiger partial charge in [0.1, 0.15) is 10.6 Å². The highest BCUT2D eigenvalue weighted by atomic mass is 79.9. The highest BCUT2D eigenvalue weighted by Crippen LogP contribution is 2.32. The van der Waals surface area contributed by atoms with Crippen LogP contribution in [0.5, 0.6) is 0 Å². The maximum atomic E-state index is 11.9. The number of carbonyl (C=O) groups is 1. The highest BCUT2D eigenvalue weighted by Gasteiger charge is 2.16. The number of fused-ring (bicyclic) bond motifs is 1. The van der Waals surface area contributed by atoms with E-state index in [-0.39, 0.29) is 0 Å². The average molecular weight is 406 g/mol. The van der Waals surface area contributed by atoms with Crippen molar-refractivity contribution in [2.75, 3.05) is 5.32 Å². The Balaban J connectivity index is 1.85. The molecule has 0 radical (unpaired) electrons. The van der Waals surface area contributed by atoms with E-state index in [1.165, 1.54) is 0 Å². The SMILES string of the molecule is CC(C)(C)OC(=O)Nc1cncc(-c2nc3cc(Br)ccc3s2)c1. The van der Waals surface area contributed by atoms with Crippen LogP contribution in [0.25, 0.3) is 20.8 Å². The standard InChI is InChI=1S/C17H16BrN3O2S/c1-17(2,3)23-16(22)20-12-6-10(8-19-9-12)15-21-13-7-11(18)4-5-14(13)24-15/h4-9H,1-3H3,(H,20,22). The van der Waals surface area contributed by atoms with Gasteiger partial charge in [0.2, 0.25) is 0 Å². The van der Waals surface area contributed by atoms with Gasteiger partial charge in [-0.3, -0.25) is 10.3 Å². The van der Waals surface area contributed by atoms with E-state index in [0.717, 1.165) is 25.3 Å². The maximum absolute atomic E-state index is 11.9. The summed E-state index contributed by atoms with van der Waals surface area (Å²) in [6.07, 6.45) is 2.80. The Morgan fingerprint density at radius 1 is 1.25 bits per heavy atom. The van der Waals surface area contributed by atoms with Crippen molar-refractivity contribution in [3.63, 3.8) is 0 Å². The highest BCUT2D eigenvalue weighted by molar-refractivity contribution is 9.10. The predicted octanol–water partition coefficient (Wildman–Crippen LogP) is 5.47. The monoisotopic (exact) mass is 405 g/mol. The maximum Gasteiger partial charge on any atom is 0.412 e. The van der Waals surface area contributed by atoms with Crippen molar-refractivity contribution in [1.29, 1.82) is 0 Å². The number of amides is 1. The van der Waals surface area contributed by atoms with Crippen molar-refractivity contribution in [1.82, 2.24) is 9.97 Å². The smallest absolute Gasteiger partial charge is 0.412 e. The van der Waals surface area contributed by atoms with E-state index in [0.29, 0.717) is 5.69 Å². The normalized spacial score (nSPS) is 11.5. The van der Waals surface area contributed by atoms with Crippen LogP contribution in [0.1, 0.15) is 20.8 Å². The summed E-state index contributed by atoms with van der Waals surface area (Å²) in [5.74, 6) is 0. The molecule has 2 heterocycles. The zero-order valence-electron chi connectivity index (χ0n) is 13.5. The molecule has 24 heavy (non-hydrogen) atoms. The number of pyridine rings is 1. The van der Waals surface area contributed by atoms with Gasteiger partial charge in [0, 0.05) is 16.2 Å². The van der Waals surface area contributed by atoms with Crippen molar-refractivity contribution in [3.8, 4) is 10.6 Å². The van der Waals surface area contributed by atoms with Crippen LogP contribution in [0, 0.1) is 0 Å². The van der Waals surface area contributed by atoms with Gasteiger partial charge in [0.05, 0.1) is 22.1 Å². The summed E-state index contributed by atoms with van der Waals surface area (Å²) in [4.78, 5) is 20.7. The van der Waals surface area contributed by atoms with Crippen LogP contribution in [-0.4, -0.2) is 21.7 Å². The second-order valence-corrected chi connectivity index (χ2v) is 8.17. The van der Waals surface area contributed by atoms with Gasteiger partial charge in [-0.1, -0.05) is 15.9 Å². The Labute approximate surface area is 152 Å². The molecule has 2 aromatic heterocycles. The summed E-state index contributed by atoms with van der Waals surface area (Å²) in [6, 6.07) is 7.83. The van der Waals surface area contributed by atoms with Gasteiger partial charge in [-0.2, -0.15) is 0 Å². The Bertz CT molecular complexity index is 902. The second-order valence-electron chi connectivity index (χ2n) is 6.22. The summed E-state index contributed by atoms with van der Waals surface area (Å²) >= 11 is 5.03. The molecule has 0 saturated heterocycles. The van der Waals surface area contributed by atoms with Crippen LogP contribution in [0.2, 0.25) is 0 Å². The first-order valence-electron chi connectivity index (χ1n) is 7.32. The molecule has 0 aliphatic carbocycles. The first-order valence-corrected chi connectivity index (χ1v) is 8.93. The number of rotatable bonds is 2. The van der Waals surface area contributed by atoms with Crippen LogP contribution >= 0.6 is 27.3 Å². The van der Waals surface area contributed by atoms with E-state index in [9.17, 15) is 4.79 Å². The first-order chi connectivity index (χ1) is 11.3. The lowest BCUT2D eigenvalue weighted by Gasteiger charge is -2.19. The van der Waals surface area contributed by atoms with Gasteiger partial charge < -0.3 is 4.74 Å². The zero-order valence-corrected chi connectivity index (χ0v) is 15.9. The van der Waals surface area contributed by atoms with Crippen LogP contribution in [0.15, 0.2) is 41.1 Å². The van der Waals surface area contributed by atoms with E-state index in [4.69, 9.17) is 4.74 Å². The molecule has 1 N–H and O–H groups in total. The minimum absolute atomic E-state index is 0.505. The third-order valence-corrected chi connectivity index (χ3v) is 4.56. The summed E-state index contributed by atoms with van der Waals surface area (Å²) in [7, 11) is 0. The Morgan fingerprint density at radius 3 is 2.79 bits per heavy atom. The number of hydrogen-bond acceptors (Lipinski definition) is 5.